The van der Waals surface area contributed by atoms with Crippen molar-refractivity contribution >= 4 is 51.5 Å². The first kappa shape index (κ1) is 23.3. The molecule has 4 amide bonds. The molecule has 1 fully saturated rings. The third-order valence-corrected chi connectivity index (χ3v) is 5.97. The van der Waals surface area contributed by atoms with Gasteiger partial charge >= 0.3 is 12.0 Å². The number of hydrogen-bond donors (Lipinski definition) is 1. The standard InChI is InChI=1S/C26H17BrN2O7/c1-14-2-6-18(7-3-14)29-24(31)19(23(30)28-26(29)33)11-16-10-17(27)5-9-20(16)36-25(32)15-4-8-21-22(12-15)35-13-34-21/h2-12H,13H2,1H3,(H,28,30,33)/b19-11-. The smallest absolute Gasteiger partial charge is 0.343 e. The second-order valence-electron chi connectivity index (χ2n) is 7.93. The van der Waals surface area contributed by atoms with Crippen LogP contribution in [0.4, 0.5) is 10.5 Å². The van der Waals surface area contributed by atoms with Crippen LogP contribution in [0.15, 0.2) is 70.7 Å². The van der Waals surface area contributed by atoms with Crippen molar-refractivity contribution in [1.29, 1.82) is 0 Å². The second kappa shape index (κ2) is 9.31. The Morgan fingerprint density at radius 1 is 1.00 bits per heavy atom. The molecule has 0 aliphatic carbocycles. The van der Waals surface area contributed by atoms with Gasteiger partial charge in [0.1, 0.15) is 11.3 Å². The molecule has 5 rings (SSSR count). The number of ether oxygens (including phenoxy) is 3. The number of anilines is 1. The summed E-state index contributed by atoms with van der Waals surface area (Å²) in [5.41, 5.74) is 1.45. The molecule has 0 atom stereocenters. The van der Waals surface area contributed by atoms with Crippen LogP contribution < -0.4 is 24.4 Å². The number of nitrogens with one attached hydrogen (secondary N) is 1. The van der Waals surface area contributed by atoms with E-state index in [0.29, 0.717) is 21.7 Å². The SMILES string of the molecule is Cc1ccc(N2C(=O)NC(=O)/C(=C/c3cc(Br)ccc3OC(=O)c3ccc4c(c3)OCO4)C2=O)cc1. The van der Waals surface area contributed by atoms with E-state index in [1.165, 1.54) is 24.3 Å². The molecule has 0 saturated carbocycles. The second-order valence-corrected chi connectivity index (χ2v) is 8.85. The monoisotopic (exact) mass is 548 g/mol. The number of fused-ring (bicyclic) bond motifs is 1. The molecule has 3 aromatic carbocycles. The Bertz CT molecular complexity index is 1460. The van der Waals surface area contributed by atoms with E-state index < -0.39 is 23.8 Å². The quantitative estimate of drug-likeness (QED) is 0.223. The van der Waals surface area contributed by atoms with E-state index in [9.17, 15) is 19.2 Å². The van der Waals surface area contributed by atoms with E-state index in [-0.39, 0.29) is 29.2 Å². The Balaban J connectivity index is 1.47. The van der Waals surface area contributed by atoms with Crippen LogP contribution in [0.2, 0.25) is 0 Å². The van der Waals surface area contributed by atoms with Crippen molar-refractivity contribution in [3.8, 4) is 17.2 Å². The number of halogens is 1. The van der Waals surface area contributed by atoms with E-state index in [1.807, 2.05) is 6.92 Å². The van der Waals surface area contributed by atoms with Gasteiger partial charge in [0, 0.05) is 10.0 Å². The summed E-state index contributed by atoms with van der Waals surface area (Å²) in [5, 5.41) is 2.18. The average molecular weight is 549 g/mol. The highest BCUT2D eigenvalue weighted by molar-refractivity contribution is 9.10. The zero-order chi connectivity index (χ0) is 25.4. The Morgan fingerprint density at radius 2 is 1.75 bits per heavy atom. The number of carbonyl (C=O) groups excluding carboxylic acids is 4. The van der Waals surface area contributed by atoms with Crippen molar-refractivity contribution in [2.24, 2.45) is 0 Å². The number of carbonyl (C=O) groups is 4. The summed E-state index contributed by atoms with van der Waals surface area (Å²) in [7, 11) is 0. The first-order valence-corrected chi connectivity index (χ1v) is 11.5. The maximum atomic E-state index is 13.2. The largest absolute Gasteiger partial charge is 0.454 e. The van der Waals surface area contributed by atoms with Crippen LogP contribution in [-0.4, -0.2) is 30.6 Å². The molecule has 1 saturated heterocycles. The van der Waals surface area contributed by atoms with Crippen LogP contribution in [0.1, 0.15) is 21.5 Å². The van der Waals surface area contributed by atoms with Crippen LogP contribution in [0.3, 0.4) is 0 Å². The molecular formula is C26H17BrN2O7. The molecule has 10 heteroatoms. The van der Waals surface area contributed by atoms with E-state index in [1.54, 1.807) is 42.5 Å². The number of nitrogens with zero attached hydrogens (tertiary/aromatic N) is 1. The summed E-state index contributed by atoms with van der Waals surface area (Å²) in [6.07, 6.45) is 1.28. The van der Waals surface area contributed by atoms with Gasteiger partial charge in [0.15, 0.2) is 11.5 Å². The predicted molar refractivity (Wildman–Crippen MR) is 132 cm³/mol. The summed E-state index contributed by atoms with van der Waals surface area (Å²) in [5.74, 6) is -1.29. The molecular weight excluding hydrogens is 532 g/mol. The Morgan fingerprint density at radius 3 is 2.53 bits per heavy atom. The zero-order valence-corrected chi connectivity index (χ0v) is 20.3. The fraction of sp³-hybridized carbons (Fsp3) is 0.0769. The number of rotatable bonds is 4. The molecule has 2 heterocycles. The number of imide groups is 2. The lowest BCUT2D eigenvalue weighted by atomic mass is 10.1. The molecule has 2 aliphatic heterocycles. The van der Waals surface area contributed by atoms with E-state index in [2.05, 4.69) is 21.2 Å². The summed E-state index contributed by atoms with van der Waals surface area (Å²) in [6, 6.07) is 15.3. The number of aryl methyl sites for hydroxylation is 1. The van der Waals surface area contributed by atoms with Gasteiger partial charge in [-0.25, -0.2) is 14.5 Å². The molecule has 0 spiro atoms. The lowest BCUT2D eigenvalue weighted by Crippen LogP contribution is -2.54. The first-order valence-electron chi connectivity index (χ1n) is 10.7. The zero-order valence-electron chi connectivity index (χ0n) is 18.7. The van der Waals surface area contributed by atoms with Gasteiger partial charge in [-0.2, -0.15) is 0 Å². The number of barbiturate groups is 1. The predicted octanol–water partition coefficient (Wildman–Crippen LogP) is 4.37. The molecule has 0 bridgehead atoms. The molecule has 9 nitrogen and oxygen atoms in total. The Kier molecular flexibility index (Phi) is 6.03. The van der Waals surface area contributed by atoms with Crippen molar-refractivity contribution in [2.75, 3.05) is 11.7 Å². The highest BCUT2D eigenvalue weighted by Crippen LogP contribution is 2.33. The normalized spacial score (nSPS) is 15.8. The Labute approximate surface area is 213 Å². The van der Waals surface area contributed by atoms with Gasteiger partial charge in [-0.3, -0.25) is 14.9 Å². The van der Waals surface area contributed by atoms with Gasteiger partial charge in [-0.05, 0) is 61.5 Å². The maximum absolute atomic E-state index is 13.2. The van der Waals surface area contributed by atoms with Crippen molar-refractivity contribution in [1.82, 2.24) is 5.32 Å². The van der Waals surface area contributed by atoms with E-state index in [4.69, 9.17) is 14.2 Å². The summed E-state index contributed by atoms with van der Waals surface area (Å²) in [6.45, 7) is 1.94. The van der Waals surface area contributed by atoms with Gasteiger partial charge in [-0.1, -0.05) is 33.6 Å². The minimum atomic E-state index is -0.860. The van der Waals surface area contributed by atoms with Gasteiger partial charge in [0.05, 0.1) is 11.3 Å². The van der Waals surface area contributed by atoms with Crippen LogP contribution >= 0.6 is 15.9 Å². The van der Waals surface area contributed by atoms with Crippen LogP contribution in [0, 0.1) is 6.92 Å². The first-order chi connectivity index (χ1) is 17.3. The molecule has 0 aromatic heterocycles. The lowest BCUT2D eigenvalue weighted by molar-refractivity contribution is -0.122. The number of esters is 1. The molecule has 2 aliphatic rings. The van der Waals surface area contributed by atoms with Crippen molar-refractivity contribution in [2.45, 2.75) is 6.92 Å². The summed E-state index contributed by atoms with van der Waals surface area (Å²) < 4.78 is 16.8. The van der Waals surface area contributed by atoms with Crippen molar-refractivity contribution in [3.63, 3.8) is 0 Å². The number of hydrogen-bond acceptors (Lipinski definition) is 7. The van der Waals surface area contributed by atoms with Gasteiger partial charge in [0.2, 0.25) is 6.79 Å². The van der Waals surface area contributed by atoms with Gasteiger partial charge in [0.25, 0.3) is 11.8 Å². The van der Waals surface area contributed by atoms with Gasteiger partial charge < -0.3 is 14.2 Å². The molecule has 36 heavy (non-hydrogen) atoms. The lowest BCUT2D eigenvalue weighted by Gasteiger charge is -2.26. The van der Waals surface area contributed by atoms with Crippen LogP contribution in [-0.2, 0) is 9.59 Å². The minimum Gasteiger partial charge on any atom is -0.454 e. The highest BCUT2D eigenvalue weighted by atomic mass is 79.9. The highest BCUT2D eigenvalue weighted by Gasteiger charge is 2.37. The summed E-state index contributed by atoms with van der Waals surface area (Å²) >= 11 is 3.35. The fourth-order valence-electron chi connectivity index (χ4n) is 3.65. The molecule has 180 valence electrons. The van der Waals surface area contributed by atoms with Crippen LogP contribution in [0.25, 0.3) is 6.08 Å². The molecule has 0 radical (unpaired) electrons. The number of urea groups is 1. The molecule has 3 aromatic rings. The van der Waals surface area contributed by atoms with E-state index >= 15 is 0 Å². The van der Waals surface area contributed by atoms with Crippen molar-refractivity contribution < 1.29 is 33.4 Å². The van der Waals surface area contributed by atoms with Crippen molar-refractivity contribution in [3.05, 3.63) is 87.4 Å². The third kappa shape index (κ3) is 4.46. The topological polar surface area (TPSA) is 111 Å². The van der Waals surface area contributed by atoms with Crippen LogP contribution in [0.5, 0.6) is 17.2 Å². The third-order valence-electron chi connectivity index (χ3n) is 5.48. The fourth-order valence-corrected chi connectivity index (χ4v) is 4.03. The maximum Gasteiger partial charge on any atom is 0.343 e. The number of amides is 4. The average Bonchev–Trinajstić information content (AvgIpc) is 3.32. The Hall–Kier alpha value is -4.44. The summed E-state index contributed by atoms with van der Waals surface area (Å²) in [4.78, 5) is 52.0. The number of benzene rings is 3. The molecule has 1 N–H and O–H groups in total. The minimum absolute atomic E-state index is 0.0659. The van der Waals surface area contributed by atoms with Gasteiger partial charge in [-0.15, -0.1) is 0 Å². The molecule has 0 unspecified atom stereocenters. The van der Waals surface area contributed by atoms with E-state index in [0.717, 1.165) is 10.5 Å².